The lowest BCUT2D eigenvalue weighted by Gasteiger charge is -2.10. The van der Waals surface area contributed by atoms with E-state index in [-0.39, 0.29) is 0 Å². The first-order valence-corrected chi connectivity index (χ1v) is 6.63. The summed E-state index contributed by atoms with van der Waals surface area (Å²) in [6.45, 7) is 0.410. The summed E-state index contributed by atoms with van der Waals surface area (Å²) in [5, 5.41) is 1.60. The number of nitrogen functional groups attached to an aromatic ring is 1. The second kappa shape index (κ2) is 5.39. The van der Waals surface area contributed by atoms with Gasteiger partial charge in [-0.05, 0) is 24.3 Å². The van der Waals surface area contributed by atoms with Crippen molar-refractivity contribution in [2.24, 2.45) is 0 Å². The molecule has 1 aromatic heterocycles. The van der Waals surface area contributed by atoms with Crippen LogP contribution < -0.4 is 10.5 Å². The molecule has 0 saturated heterocycles. The molecule has 0 spiro atoms. The number of pyridine rings is 1. The topological polar surface area (TPSA) is 48.1 Å². The van der Waals surface area contributed by atoms with Crippen LogP contribution in [0.2, 0.25) is 5.02 Å². The second-order valence-electron chi connectivity index (χ2n) is 4.43. The molecule has 0 fully saturated rings. The molecule has 100 valence electrons. The van der Waals surface area contributed by atoms with Crippen LogP contribution in [0.15, 0.2) is 54.7 Å². The number of anilines is 1. The van der Waals surface area contributed by atoms with E-state index in [1.165, 1.54) is 0 Å². The van der Waals surface area contributed by atoms with Crippen LogP contribution in [0.1, 0.15) is 5.56 Å². The first-order chi connectivity index (χ1) is 9.75. The Kier molecular flexibility index (Phi) is 3.44. The maximum atomic E-state index is 6.12. The smallest absolute Gasteiger partial charge is 0.130 e. The molecule has 3 aromatic rings. The van der Waals surface area contributed by atoms with Gasteiger partial charge in [-0.2, -0.15) is 0 Å². The number of nitrogens with zero attached hydrogens (tertiary/aromatic N) is 1. The van der Waals surface area contributed by atoms with E-state index in [0.717, 1.165) is 22.2 Å². The van der Waals surface area contributed by atoms with Gasteiger partial charge in [-0.15, -0.1) is 0 Å². The Labute approximate surface area is 122 Å². The summed E-state index contributed by atoms with van der Waals surface area (Å²) in [7, 11) is 0. The van der Waals surface area contributed by atoms with Crippen molar-refractivity contribution in [1.82, 2.24) is 4.98 Å². The molecule has 0 amide bonds. The van der Waals surface area contributed by atoms with E-state index in [1.54, 1.807) is 6.20 Å². The van der Waals surface area contributed by atoms with E-state index in [0.29, 0.717) is 17.3 Å². The standard InChI is InChI=1S/C16H13ClN2O/c17-13-6-2-1-4-11(13)10-20-15-8-9-19-16-12(15)5-3-7-14(16)18/h1-9H,10,18H2. The fourth-order valence-electron chi connectivity index (χ4n) is 2.07. The first kappa shape index (κ1) is 12.8. The molecule has 0 aliphatic carbocycles. The summed E-state index contributed by atoms with van der Waals surface area (Å²) in [4.78, 5) is 4.28. The Hall–Kier alpha value is -2.26. The van der Waals surface area contributed by atoms with Crippen molar-refractivity contribution in [2.75, 3.05) is 5.73 Å². The van der Waals surface area contributed by atoms with E-state index in [4.69, 9.17) is 22.1 Å². The van der Waals surface area contributed by atoms with E-state index in [1.807, 2.05) is 48.5 Å². The molecular weight excluding hydrogens is 272 g/mol. The van der Waals surface area contributed by atoms with Crippen molar-refractivity contribution in [3.63, 3.8) is 0 Å². The van der Waals surface area contributed by atoms with Crippen LogP contribution in [0, 0.1) is 0 Å². The number of nitrogens with two attached hydrogens (primary N) is 1. The average Bonchev–Trinajstić information content (AvgIpc) is 2.47. The van der Waals surface area contributed by atoms with Gasteiger partial charge >= 0.3 is 0 Å². The largest absolute Gasteiger partial charge is 0.488 e. The normalized spacial score (nSPS) is 10.7. The van der Waals surface area contributed by atoms with Gasteiger partial charge in [-0.1, -0.05) is 35.9 Å². The first-order valence-electron chi connectivity index (χ1n) is 6.25. The lowest BCUT2D eigenvalue weighted by atomic mass is 10.2. The van der Waals surface area contributed by atoms with E-state index in [9.17, 15) is 0 Å². The predicted octanol–water partition coefficient (Wildman–Crippen LogP) is 4.05. The average molecular weight is 285 g/mol. The third-order valence-corrected chi connectivity index (χ3v) is 3.47. The molecule has 20 heavy (non-hydrogen) atoms. The predicted molar refractivity (Wildman–Crippen MR) is 81.9 cm³/mol. The number of benzene rings is 2. The van der Waals surface area contributed by atoms with Gasteiger partial charge in [0, 0.05) is 22.2 Å². The fraction of sp³-hybridized carbons (Fsp3) is 0.0625. The van der Waals surface area contributed by atoms with Crippen molar-refractivity contribution < 1.29 is 4.74 Å². The molecular formula is C16H13ClN2O. The fourth-order valence-corrected chi connectivity index (χ4v) is 2.26. The Balaban J connectivity index is 1.92. The zero-order valence-corrected chi connectivity index (χ0v) is 11.5. The number of fused-ring (bicyclic) bond motifs is 1. The van der Waals surface area contributed by atoms with Gasteiger partial charge in [0.2, 0.25) is 0 Å². The van der Waals surface area contributed by atoms with Crippen LogP contribution in [-0.2, 0) is 6.61 Å². The number of hydrogen-bond acceptors (Lipinski definition) is 3. The van der Waals surface area contributed by atoms with E-state index >= 15 is 0 Å². The van der Waals surface area contributed by atoms with Crippen LogP contribution in [0.3, 0.4) is 0 Å². The molecule has 2 N–H and O–H groups in total. The Bertz CT molecular complexity index is 758. The molecule has 2 aromatic carbocycles. The molecule has 0 aliphatic heterocycles. The number of rotatable bonds is 3. The Morgan fingerprint density at radius 1 is 1.05 bits per heavy atom. The molecule has 1 heterocycles. The molecule has 0 aliphatic rings. The lowest BCUT2D eigenvalue weighted by molar-refractivity contribution is 0.310. The molecule has 3 rings (SSSR count). The number of aromatic nitrogens is 1. The summed E-state index contributed by atoms with van der Waals surface area (Å²) in [6.07, 6.45) is 1.70. The molecule has 0 atom stereocenters. The Morgan fingerprint density at radius 3 is 2.75 bits per heavy atom. The second-order valence-corrected chi connectivity index (χ2v) is 4.84. The summed E-state index contributed by atoms with van der Waals surface area (Å²) in [5.41, 5.74) is 8.26. The van der Waals surface area contributed by atoms with Gasteiger partial charge in [0.1, 0.15) is 12.4 Å². The van der Waals surface area contributed by atoms with Crippen molar-refractivity contribution in [3.05, 3.63) is 65.3 Å². The zero-order valence-electron chi connectivity index (χ0n) is 10.7. The minimum Gasteiger partial charge on any atom is -0.488 e. The molecule has 4 heteroatoms. The van der Waals surface area contributed by atoms with Gasteiger partial charge in [0.05, 0.1) is 11.2 Å². The highest BCUT2D eigenvalue weighted by Crippen LogP contribution is 2.28. The minimum atomic E-state index is 0.410. The monoisotopic (exact) mass is 284 g/mol. The van der Waals surface area contributed by atoms with Gasteiger partial charge in [-0.25, -0.2) is 0 Å². The van der Waals surface area contributed by atoms with Gasteiger partial charge in [-0.3, -0.25) is 4.98 Å². The SMILES string of the molecule is Nc1cccc2c(OCc3ccccc3Cl)ccnc12. The molecule has 0 unspecified atom stereocenters. The van der Waals surface area contributed by atoms with Crippen LogP contribution in [0.5, 0.6) is 5.75 Å². The van der Waals surface area contributed by atoms with Crippen LogP contribution >= 0.6 is 11.6 Å². The van der Waals surface area contributed by atoms with Crippen molar-refractivity contribution in [3.8, 4) is 5.75 Å². The summed E-state index contributed by atoms with van der Waals surface area (Å²) >= 11 is 6.12. The number of halogens is 1. The number of hydrogen-bond donors (Lipinski definition) is 1. The summed E-state index contributed by atoms with van der Waals surface area (Å²) in [6, 6.07) is 15.1. The number of para-hydroxylation sites is 1. The van der Waals surface area contributed by atoms with Gasteiger partial charge in [0.15, 0.2) is 0 Å². The maximum absolute atomic E-state index is 6.12. The molecule has 0 radical (unpaired) electrons. The van der Waals surface area contributed by atoms with E-state index < -0.39 is 0 Å². The van der Waals surface area contributed by atoms with Crippen molar-refractivity contribution in [2.45, 2.75) is 6.61 Å². The van der Waals surface area contributed by atoms with Crippen molar-refractivity contribution in [1.29, 1.82) is 0 Å². The maximum Gasteiger partial charge on any atom is 0.130 e. The highest BCUT2D eigenvalue weighted by Gasteiger charge is 2.06. The third kappa shape index (κ3) is 2.40. The highest BCUT2D eigenvalue weighted by atomic mass is 35.5. The zero-order chi connectivity index (χ0) is 13.9. The van der Waals surface area contributed by atoms with Gasteiger partial charge in [0.25, 0.3) is 0 Å². The van der Waals surface area contributed by atoms with E-state index in [2.05, 4.69) is 4.98 Å². The highest BCUT2D eigenvalue weighted by molar-refractivity contribution is 6.31. The minimum absolute atomic E-state index is 0.410. The Morgan fingerprint density at radius 2 is 1.90 bits per heavy atom. The van der Waals surface area contributed by atoms with Crippen LogP contribution in [0.25, 0.3) is 10.9 Å². The lowest BCUT2D eigenvalue weighted by Crippen LogP contribution is -1.98. The van der Waals surface area contributed by atoms with Crippen molar-refractivity contribution >= 4 is 28.2 Å². The third-order valence-electron chi connectivity index (χ3n) is 3.10. The molecule has 0 saturated carbocycles. The molecule has 3 nitrogen and oxygen atoms in total. The molecule has 0 bridgehead atoms. The quantitative estimate of drug-likeness (QED) is 0.738. The van der Waals surface area contributed by atoms with Gasteiger partial charge < -0.3 is 10.5 Å². The van der Waals surface area contributed by atoms with Crippen LogP contribution in [0.4, 0.5) is 5.69 Å². The van der Waals surface area contributed by atoms with Crippen LogP contribution in [-0.4, -0.2) is 4.98 Å². The summed E-state index contributed by atoms with van der Waals surface area (Å²) < 4.78 is 5.86. The number of ether oxygens (including phenoxy) is 1. The summed E-state index contributed by atoms with van der Waals surface area (Å²) in [5.74, 6) is 0.752.